The quantitative estimate of drug-likeness (QED) is 0.588. The fraction of sp³-hybridized carbons (Fsp3) is 0.444. The van der Waals surface area contributed by atoms with Crippen LogP contribution >= 0.6 is 11.3 Å². The Morgan fingerprint density at radius 3 is 2.19 bits per heavy atom. The molecule has 142 valence electrons. The lowest BCUT2D eigenvalue weighted by molar-refractivity contribution is -0.686. The van der Waals surface area contributed by atoms with Crippen molar-refractivity contribution in [2.45, 2.75) is 45.1 Å². The van der Waals surface area contributed by atoms with E-state index in [0.29, 0.717) is 6.54 Å². The zero-order chi connectivity index (χ0) is 19.3. The fourth-order valence-electron chi connectivity index (χ4n) is 2.58. The van der Waals surface area contributed by atoms with Crippen LogP contribution in [-0.4, -0.2) is 36.9 Å². The second-order valence-electron chi connectivity index (χ2n) is 6.35. The zero-order valence-corrected chi connectivity index (χ0v) is 16.9. The van der Waals surface area contributed by atoms with Crippen molar-refractivity contribution in [1.29, 1.82) is 0 Å². The Morgan fingerprint density at radius 2 is 1.73 bits per heavy atom. The monoisotopic (exact) mass is 396 g/mol. The summed E-state index contributed by atoms with van der Waals surface area (Å²) in [6.07, 6.45) is 2.33. The van der Waals surface area contributed by atoms with Crippen molar-refractivity contribution in [3.05, 3.63) is 45.9 Å². The largest absolute Gasteiger partial charge is 0.744 e. The summed E-state index contributed by atoms with van der Waals surface area (Å²) < 4.78 is 33.2. The molecule has 1 saturated heterocycles. The Bertz CT molecular complexity index is 852. The summed E-state index contributed by atoms with van der Waals surface area (Å²) in [4.78, 5) is 15.0. The highest BCUT2D eigenvalue weighted by molar-refractivity contribution is 7.85. The first-order chi connectivity index (χ1) is 12.2. The smallest absolute Gasteiger partial charge is 0.288 e. The minimum absolute atomic E-state index is 0.178. The minimum atomic E-state index is -4.27. The van der Waals surface area contributed by atoms with Crippen LogP contribution in [-0.2, 0) is 21.5 Å². The van der Waals surface area contributed by atoms with Gasteiger partial charge in [-0.05, 0) is 38.8 Å². The third kappa shape index (κ3) is 5.62. The van der Waals surface area contributed by atoms with Gasteiger partial charge in [-0.1, -0.05) is 29.0 Å². The van der Waals surface area contributed by atoms with Gasteiger partial charge in [0.15, 0.2) is 5.69 Å². The lowest BCUT2D eigenvalue weighted by Gasteiger charge is -2.12. The standard InChI is InChI=1S/C11H17N2OS.C7H8O3S/c1-9-10(2)15-8-13(9)7-11(14)12-5-3-4-6-12;1-6-2-4-7(5-3-6)11(8,9)10/h8H,3-7H2,1-2H3;2-5H,1H3,(H,8,9,10)/q+1;/p-1. The number of hydrogen-bond donors (Lipinski definition) is 0. The van der Waals surface area contributed by atoms with E-state index in [1.54, 1.807) is 23.5 Å². The molecule has 1 fully saturated rings. The van der Waals surface area contributed by atoms with Crippen LogP contribution < -0.4 is 4.57 Å². The predicted octanol–water partition coefficient (Wildman–Crippen LogP) is 2.17. The van der Waals surface area contributed by atoms with Gasteiger partial charge in [0.25, 0.3) is 5.91 Å². The maximum absolute atomic E-state index is 11.9. The van der Waals surface area contributed by atoms with Crippen LogP contribution in [0, 0.1) is 20.8 Å². The molecule has 6 nitrogen and oxygen atoms in total. The lowest BCUT2D eigenvalue weighted by atomic mass is 10.2. The van der Waals surface area contributed by atoms with Gasteiger partial charge in [0.05, 0.1) is 9.77 Å². The van der Waals surface area contributed by atoms with Gasteiger partial charge >= 0.3 is 0 Å². The number of thiazole rings is 1. The average molecular weight is 397 g/mol. The number of aryl methyl sites for hydroxylation is 2. The van der Waals surface area contributed by atoms with Crippen LogP contribution in [0.25, 0.3) is 0 Å². The van der Waals surface area contributed by atoms with Gasteiger partial charge in [-0.25, -0.2) is 8.42 Å². The molecule has 0 unspecified atom stereocenters. The summed E-state index contributed by atoms with van der Waals surface area (Å²) in [6, 6.07) is 5.78. The maximum atomic E-state index is 11.9. The molecule has 0 saturated carbocycles. The van der Waals surface area contributed by atoms with Gasteiger partial charge in [0.2, 0.25) is 12.1 Å². The number of benzene rings is 1. The Labute approximate surface area is 158 Å². The van der Waals surface area contributed by atoms with Crippen molar-refractivity contribution in [2.75, 3.05) is 13.1 Å². The van der Waals surface area contributed by atoms with E-state index < -0.39 is 10.1 Å². The Morgan fingerprint density at radius 1 is 1.15 bits per heavy atom. The van der Waals surface area contributed by atoms with Crippen LogP contribution in [0.2, 0.25) is 0 Å². The molecular weight excluding hydrogens is 372 g/mol. The maximum Gasteiger partial charge on any atom is 0.288 e. The van der Waals surface area contributed by atoms with Gasteiger partial charge in [0.1, 0.15) is 10.1 Å². The van der Waals surface area contributed by atoms with E-state index in [1.165, 1.54) is 22.7 Å². The molecule has 0 bridgehead atoms. The Balaban J connectivity index is 0.000000197. The topological polar surface area (TPSA) is 81.4 Å². The molecule has 2 aromatic rings. The van der Waals surface area contributed by atoms with Crippen LogP contribution in [0.3, 0.4) is 0 Å². The zero-order valence-electron chi connectivity index (χ0n) is 15.3. The average Bonchev–Trinajstić information content (AvgIpc) is 3.21. The molecule has 1 aliphatic heterocycles. The number of hydrogen-bond acceptors (Lipinski definition) is 5. The highest BCUT2D eigenvalue weighted by Gasteiger charge is 2.23. The van der Waals surface area contributed by atoms with Gasteiger partial charge in [-0.15, -0.1) is 0 Å². The first-order valence-electron chi connectivity index (χ1n) is 8.43. The molecule has 0 atom stereocenters. The first-order valence-corrected chi connectivity index (χ1v) is 10.7. The van der Waals surface area contributed by atoms with Crippen molar-refractivity contribution in [1.82, 2.24) is 4.90 Å². The summed E-state index contributed by atoms with van der Waals surface area (Å²) in [6.45, 7) is 8.39. The molecule has 1 aromatic heterocycles. The van der Waals surface area contributed by atoms with Crippen molar-refractivity contribution < 1.29 is 22.3 Å². The van der Waals surface area contributed by atoms with E-state index in [4.69, 9.17) is 0 Å². The van der Waals surface area contributed by atoms with Crippen LogP contribution in [0.1, 0.15) is 29.0 Å². The molecule has 0 N–H and O–H groups in total. The normalized spacial score (nSPS) is 14.1. The van der Waals surface area contributed by atoms with E-state index in [9.17, 15) is 17.8 Å². The predicted molar refractivity (Wildman–Crippen MR) is 98.9 cm³/mol. The van der Waals surface area contributed by atoms with Crippen molar-refractivity contribution in [2.24, 2.45) is 0 Å². The number of carbonyl (C=O) groups is 1. The van der Waals surface area contributed by atoms with E-state index in [-0.39, 0.29) is 10.8 Å². The van der Waals surface area contributed by atoms with Gasteiger partial charge in [-0.2, -0.15) is 4.57 Å². The van der Waals surface area contributed by atoms with E-state index in [1.807, 2.05) is 17.3 Å². The summed E-state index contributed by atoms with van der Waals surface area (Å²) in [5, 5.41) is 0. The van der Waals surface area contributed by atoms with Gasteiger partial charge in [-0.3, -0.25) is 4.79 Å². The summed E-state index contributed by atoms with van der Waals surface area (Å²) in [7, 11) is -4.27. The Kier molecular flexibility index (Phi) is 6.91. The number of nitrogens with zero attached hydrogens (tertiary/aromatic N) is 2. The molecule has 1 aromatic carbocycles. The molecule has 1 amide bonds. The lowest BCUT2D eigenvalue weighted by Crippen LogP contribution is -2.44. The number of carbonyl (C=O) groups excluding carboxylic acids is 1. The molecule has 0 aliphatic carbocycles. The van der Waals surface area contributed by atoms with Crippen molar-refractivity contribution >= 4 is 27.4 Å². The molecule has 2 heterocycles. The number of amides is 1. The van der Waals surface area contributed by atoms with Gasteiger partial charge in [0, 0.05) is 20.0 Å². The van der Waals surface area contributed by atoms with Gasteiger partial charge < -0.3 is 9.45 Å². The minimum Gasteiger partial charge on any atom is -0.744 e. The molecule has 1 aliphatic rings. The molecule has 26 heavy (non-hydrogen) atoms. The van der Waals surface area contributed by atoms with Crippen molar-refractivity contribution in [3.63, 3.8) is 0 Å². The molecule has 0 radical (unpaired) electrons. The van der Waals surface area contributed by atoms with E-state index >= 15 is 0 Å². The molecular formula is C18H24N2O4S2. The van der Waals surface area contributed by atoms with Crippen LogP contribution in [0.5, 0.6) is 0 Å². The highest BCUT2D eigenvalue weighted by atomic mass is 32.2. The Hall–Kier alpha value is -1.77. The molecule has 0 spiro atoms. The summed E-state index contributed by atoms with van der Waals surface area (Å²) >= 11 is 1.71. The van der Waals surface area contributed by atoms with Crippen molar-refractivity contribution in [3.8, 4) is 0 Å². The highest BCUT2D eigenvalue weighted by Crippen LogP contribution is 2.10. The first kappa shape index (κ1) is 20.5. The van der Waals surface area contributed by atoms with Crippen LogP contribution in [0.4, 0.5) is 0 Å². The van der Waals surface area contributed by atoms with E-state index in [2.05, 4.69) is 18.4 Å². The second kappa shape index (κ2) is 8.75. The number of rotatable bonds is 3. The molecule has 3 rings (SSSR count). The third-order valence-corrected chi connectivity index (χ3v) is 6.23. The van der Waals surface area contributed by atoms with E-state index in [0.717, 1.165) is 31.5 Å². The SMILES string of the molecule is Cc1ccc(S(=O)(=O)[O-])cc1.Cc1sc[n+](CC(=O)N2CCCC2)c1C. The second-order valence-corrected chi connectivity index (χ2v) is 8.79. The third-order valence-electron chi connectivity index (χ3n) is 4.37. The van der Waals surface area contributed by atoms with Crippen LogP contribution in [0.15, 0.2) is 34.7 Å². The fourth-order valence-corrected chi connectivity index (χ4v) is 3.86. The summed E-state index contributed by atoms with van der Waals surface area (Å²) in [5.41, 5.74) is 4.18. The summed E-state index contributed by atoms with van der Waals surface area (Å²) in [5.74, 6) is 0.262. The number of aromatic nitrogens is 1. The molecule has 8 heteroatoms. The number of likely N-dealkylation sites (tertiary alicyclic amines) is 1.